The molecule has 0 unspecified atom stereocenters. The van der Waals surface area contributed by atoms with Crippen molar-refractivity contribution in [3.05, 3.63) is 23.7 Å². The molecular weight excluding hydrogens is 226 g/mol. The predicted octanol–water partition coefficient (Wildman–Crippen LogP) is 2.73. The molecule has 0 atom stereocenters. The van der Waals surface area contributed by atoms with Crippen LogP contribution in [0, 0.1) is 6.92 Å². The lowest BCUT2D eigenvalue weighted by molar-refractivity contribution is 0.829. The van der Waals surface area contributed by atoms with Crippen molar-refractivity contribution in [2.24, 2.45) is 0 Å². The Bertz CT molecular complexity index is 516. The lowest BCUT2D eigenvalue weighted by atomic mass is 10.0. The molecule has 0 spiro atoms. The van der Waals surface area contributed by atoms with Crippen molar-refractivity contribution in [2.75, 3.05) is 11.9 Å². The Labute approximate surface area is 107 Å². The summed E-state index contributed by atoms with van der Waals surface area (Å²) in [6.45, 7) is 9.23. The van der Waals surface area contributed by atoms with Gasteiger partial charge in [0.1, 0.15) is 5.82 Å². The molecular formula is C13H19N5. The quantitative estimate of drug-likeness (QED) is 0.869. The minimum atomic E-state index is 0.393. The van der Waals surface area contributed by atoms with Gasteiger partial charge in [0.25, 0.3) is 0 Å². The molecule has 96 valence electrons. The van der Waals surface area contributed by atoms with Gasteiger partial charge in [0.2, 0.25) is 0 Å². The fraction of sp³-hybridized carbons (Fsp3) is 0.462. The Morgan fingerprint density at radius 3 is 2.67 bits per heavy atom. The Balaban J connectivity index is 2.53. The Kier molecular flexibility index (Phi) is 3.60. The number of aryl methyl sites for hydroxylation is 1. The van der Waals surface area contributed by atoms with E-state index in [1.54, 1.807) is 12.4 Å². The fourth-order valence-electron chi connectivity index (χ4n) is 2.07. The Hall–Kier alpha value is -1.91. The van der Waals surface area contributed by atoms with Crippen LogP contribution in [0.15, 0.2) is 12.4 Å². The van der Waals surface area contributed by atoms with E-state index in [4.69, 9.17) is 0 Å². The molecule has 2 aromatic rings. The lowest BCUT2D eigenvalue weighted by Gasteiger charge is -2.16. The van der Waals surface area contributed by atoms with Crippen molar-refractivity contribution in [2.45, 2.75) is 33.6 Å². The van der Waals surface area contributed by atoms with E-state index in [9.17, 15) is 0 Å². The zero-order valence-corrected chi connectivity index (χ0v) is 11.3. The number of hydrogen-bond donors (Lipinski definition) is 2. The first kappa shape index (κ1) is 12.5. The van der Waals surface area contributed by atoms with Crippen molar-refractivity contribution in [3.63, 3.8) is 0 Å². The molecule has 0 aliphatic rings. The zero-order chi connectivity index (χ0) is 13.1. The highest BCUT2D eigenvalue weighted by atomic mass is 15.1. The van der Waals surface area contributed by atoms with Crippen LogP contribution in [0.5, 0.6) is 0 Å². The molecule has 0 aliphatic carbocycles. The predicted molar refractivity (Wildman–Crippen MR) is 72.6 cm³/mol. The van der Waals surface area contributed by atoms with Gasteiger partial charge >= 0.3 is 0 Å². The van der Waals surface area contributed by atoms with Crippen LogP contribution in [-0.4, -0.2) is 26.5 Å². The summed E-state index contributed by atoms with van der Waals surface area (Å²) in [5, 5.41) is 3.31. The summed E-state index contributed by atoms with van der Waals surface area (Å²) in [5.41, 5.74) is 2.18. The van der Waals surface area contributed by atoms with Crippen LogP contribution in [0.3, 0.4) is 0 Å². The van der Waals surface area contributed by atoms with Gasteiger partial charge < -0.3 is 10.3 Å². The largest absolute Gasteiger partial charge is 0.370 e. The average Bonchev–Trinajstić information content (AvgIpc) is 2.81. The second kappa shape index (κ2) is 5.16. The van der Waals surface area contributed by atoms with Gasteiger partial charge in [-0.25, -0.2) is 15.0 Å². The van der Waals surface area contributed by atoms with E-state index in [0.29, 0.717) is 17.6 Å². The van der Waals surface area contributed by atoms with Gasteiger partial charge in [0.05, 0.1) is 0 Å². The SMILES string of the molecule is CCNc1nc(-c2ncc[nH]2)nc(C)c1C(C)C. The molecule has 0 amide bonds. The molecule has 2 N–H and O–H groups in total. The molecule has 5 heteroatoms. The smallest absolute Gasteiger partial charge is 0.197 e. The second-order valence-electron chi connectivity index (χ2n) is 4.52. The second-order valence-corrected chi connectivity index (χ2v) is 4.52. The summed E-state index contributed by atoms with van der Waals surface area (Å²) in [6, 6.07) is 0. The first-order valence-electron chi connectivity index (χ1n) is 6.25. The van der Waals surface area contributed by atoms with Crippen molar-refractivity contribution in [1.29, 1.82) is 0 Å². The molecule has 18 heavy (non-hydrogen) atoms. The highest BCUT2D eigenvalue weighted by Gasteiger charge is 2.15. The number of hydrogen-bond acceptors (Lipinski definition) is 4. The monoisotopic (exact) mass is 245 g/mol. The van der Waals surface area contributed by atoms with Gasteiger partial charge in [0.15, 0.2) is 11.6 Å². The third kappa shape index (κ3) is 2.34. The zero-order valence-electron chi connectivity index (χ0n) is 11.3. The van der Waals surface area contributed by atoms with Gasteiger partial charge in [-0.15, -0.1) is 0 Å². The molecule has 0 bridgehead atoms. The maximum atomic E-state index is 4.57. The third-order valence-electron chi connectivity index (χ3n) is 2.77. The van der Waals surface area contributed by atoms with Crippen molar-refractivity contribution >= 4 is 5.82 Å². The number of nitrogens with zero attached hydrogens (tertiary/aromatic N) is 3. The van der Waals surface area contributed by atoms with E-state index in [1.807, 2.05) is 6.92 Å². The van der Waals surface area contributed by atoms with Gasteiger partial charge in [-0.05, 0) is 19.8 Å². The number of anilines is 1. The molecule has 2 rings (SSSR count). The molecule has 0 saturated carbocycles. The molecule has 0 radical (unpaired) electrons. The maximum Gasteiger partial charge on any atom is 0.197 e. The number of imidazole rings is 1. The average molecular weight is 245 g/mol. The first-order chi connectivity index (χ1) is 8.63. The number of aromatic amines is 1. The molecule has 5 nitrogen and oxygen atoms in total. The summed E-state index contributed by atoms with van der Waals surface area (Å²) in [5.74, 6) is 2.64. The van der Waals surface area contributed by atoms with Gasteiger partial charge in [-0.1, -0.05) is 13.8 Å². The summed E-state index contributed by atoms with van der Waals surface area (Å²) in [7, 11) is 0. The fourth-order valence-corrected chi connectivity index (χ4v) is 2.07. The van der Waals surface area contributed by atoms with Crippen LogP contribution in [0.1, 0.15) is 37.9 Å². The van der Waals surface area contributed by atoms with Crippen molar-refractivity contribution < 1.29 is 0 Å². The minimum absolute atomic E-state index is 0.393. The molecule has 0 aromatic carbocycles. The highest BCUT2D eigenvalue weighted by Crippen LogP contribution is 2.26. The van der Waals surface area contributed by atoms with Crippen LogP contribution in [0.2, 0.25) is 0 Å². The molecule has 2 aromatic heterocycles. The normalized spacial score (nSPS) is 10.9. The molecule has 0 fully saturated rings. The number of aromatic nitrogens is 4. The lowest BCUT2D eigenvalue weighted by Crippen LogP contribution is -2.09. The standard InChI is InChI=1S/C13H19N5/c1-5-14-11-10(8(2)3)9(4)17-13(18-11)12-15-6-7-16-12/h6-8H,5H2,1-4H3,(H,15,16)(H,14,17,18). The highest BCUT2D eigenvalue weighted by molar-refractivity contribution is 5.55. The van der Waals surface area contributed by atoms with Gasteiger partial charge in [-0.3, -0.25) is 0 Å². The summed E-state index contributed by atoms with van der Waals surface area (Å²) >= 11 is 0. The maximum absolute atomic E-state index is 4.57. The summed E-state index contributed by atoms with van der Waals surface area (Å²) in [4.78, 5) is 16.3. The van der Waals surface area contributed by atoms with E-state index >= 15 is 0 Å². The van der Waals surface area contributed by atoms with Crippen LogP contribution < -0.4 is 5.32 Å². The van der Waals surface area contributed by atoms with E-state index in [1.165, 1.54) is 5.56 Å². The first-order valence-corrected chi connectivity index (χ1v) is 6.25. The minimum Gasteiger partial charge on any atom is -0.370 e. The van der Waals surface area contributed by atoms with Crippen LogP contribution in [0.25, 0.3) is 11.6 Å². The summed E-state index contributed by atoms with van der Waals surface area (Å²) in [6.07, 6.45) is 3.48. The van der Waals surface area contributed by atoms with Crippen LogP contribution in [0.4, 0.5) is 5.82 Å². The molecule has 2 heterocycles. The molecule has 0 saturated heterocycles. The van der Waals surface area contributed by atoms with E-state index in [2.05, 4.69) is 46.0 Å². The van der Waals surface area contributed by atoms with Gasteiger partial charge in [0, 0.05) is 30.2 Å². The molecule has 0 aliphatic heterocycles. The topological polar surface area (TPSA) is 66.5 Å². The Morgan fingerprint density at radius 2 is 2.11 bits per heavy atom. The van der Waals surface area contributed by atoms with Crippen LogP contribution in [-0.2, 0) is 0 Å². The number of rotatable bonds is 4. The van der Waals surface area contributed by atoms with E-state index in [0.717, 1.165) is 18.1 Å². The van der Waals surface area contributed by atoms with Gasteiger partial charge in [-0.2, -0.15) is 0 Å². The number of H-pyrrole nitrogens is 1. The van der Waals surface area contributed by atoms with Crippen molar-refractivity contribution in [1.82, 2.24) is 19.9 Å². The summed E-state index contributed by atoms with van der Waals surface area (Å²) < 4.78 is 0. The number of nitrogens with one attached hydrogen (secondary N) is 2. The van der Waals surface area contributed by atoms with E-state index in [-0.39, 0.29) is 0 Å². The third-order valence-corrected chi connectivity index (χ3v) is 2.77. The Morgan fingerprint density at radius 1 is 1.33 bits per heavy atom. The van der Waals surface area contributed by atoms with E-state index < -0.39 is 0 Å². The van der Waals surface area contributed by atoms with Crippen molar-refractivity contribution in [3.8, 4) is 11.6 Å². The van der Waals surface area contributed by atoms with Crippen LogP contribution >= 0.6 is 0 Å².